The van der Waals surface area contributed by atoms with Gasteiger partial charge in [0, 0.05) is 58.9 Å². The van der Waals surface area contributed by atoms with Crippen molar-refractivity contribution in [1.29, 1.82) is 0 Å². The first-order valence-corrected chi connectivity index (χ1v) is 18.3. The van der Waals surface area contributed by atoms with Crippen LogP contribution in [0.25, 0.3) is 0 Å². The molecule has 0 aliphatic carbocycles. The van der Waals surface area contributed by atoms with Gasteiger partial charge in [-0.05, 0) is 75.4 Å². The highest BCUT2D eigenvalue weighted by atomic mass is 28.4. The molecule has 0 aliphatic heterocycles. The molecular formula is C29H61N7O8Si. The molecule has 0 saturated heterocycles. The SMILES string of the molecule is CCOCN(COCC)c1nc(N(COCC)COCC)nc(N(COCC)CN(C)CCC[Si](OCC)(OCC)OCC)n1. The van der Waals surface area contributed by atoms with Gasteiger partial charge in [0.05, 0.1) is 6.67 Å². The van der Waals surface area contributed by atoms with E-state index < -0.39 is 8.80 Å². The Morgan fingerprint density at radius 3 is 1.16 bits per heavy atom. The number of hydrogen-bond acceptors (Lipinski definition) is 15. The van der Waals surface area contributed by atoms with E-state index in [9.17, 15) is 0 Å². The first kappa shape index (κ1) is 41.3. The summed E-state index contributed by atoms with van der Waals surface area (Å²) in [5.74, 6) is 1.29. The first-order chi connectivity index (χ1) is 21.9. The molecule has 0 aliphatic rings. The average Bonchev–Trinajstić information content (AvgIpc) is 3.03. The van der Waals surface area contributed by atoms with E-state index in [1.54, 1.807) is 0 Å². The quantitative estimate of drug-likeness (QED) is 0.0879. The minimum absolute atomic E-state index is 0.257. The lowest BCUT2D eigenvalue weighted by Crippen LogP contribution is -2.46. The van der Waals surface area contributed by atoms with Gasteiger partial charge in [-0.25, -0.2) is 0 Å². The maximum absolute atomic E-state index is 6.05. The number of ether oxygens (including phenoxy) is 5. The molecule has 15 nitrogen and oxygen atoms in total. The van der Waals surface area contributed by atoms with Gasteiger partial charge in [-0.1, -0.05) is 0 Å². The Bertz CT molecular complexity index is 796. The van der Waals surface area contributed by atoms with E-state index in [-0.39, 0.29) is 33.7 Å². The lowest BCUT2D eigenvalue weighted by molar-refractivity contribution is 0.0699. The Hall–Kier alpha value is -1.73. The zero-order valence-corrected chi connectivity index (χ0v) is 30.4. The summed E-state index contributed by atoms with van der Waals surface area (Å²) in [7, 11) is -0.673. The fourth-order valence-electron chi connectivity index (χ4n) is 4.17. The molecule has 0 atom stereocenters. The van der Waals surface area contributed by atoms with Gasteiger partial charge in [0.2, 0.25) is 17.8 Å². The standard InChI is InChI=1S/C29H61N7O8Si/c1-10-37-22-34(21-33(9)19-18-20-45(42-15-6,43-16-7)44-17-8)27-30-28(35(23-38-11-2)24-39-12-3)32-29(31-27)36(25-40-13-4)26-41-14-5/h10-26H2,1-9H3. The predicted molar refractivity (Wildman–Crippen MR) is 177 cm³/mol. The van der Waals surface area contributed by atoms with Gasteiger partial charge < -0.3 is 41.9 Å². The van der Waals surface area contributed by atoms with Gasteiger partial charge in [0.15, 0.2) is 0 Å². The molecule has 0 fully saturated rings. The van der Waals surface area contributed by atoms with Crippen LogP contribution in [0, 0.1) is 0 Å². The van der Waals surface area contributed by atoms with Crippen molar-refractivity contribution >= 4 is 26.6 Å². The summed E-state index contributed by atoms with van der Waals surface area (Å²) in [4.78, 5) is 22.4. The number of aromatic nitrogens is 3. The smallest absolute Gasteiger partial charge is 0.374 e. The van der Waals surface area contributed by atoms with Crippen LogP contribution in [0.5, 0.6) is 0 Å². The van der Waals surface area contributed by atoms with Crippen LogP contribution in [-0.4, -0.2) is 135 Å². The largest absolute Gasteiger partial charge is 0.500 e. The molecule has 1 heterocycles. The molecule has 0 saturated carbocycles. The minimum Gasteiger partial charge on any atom is -0.374 e. The molecule has 0 unspecified atom stereocenters. The minimum atomic E-state index is -2.73. The Kier molecular flexibility index (Phi) is 23.3. The highest BCUT2D eigenvalue weighted by molar-refractivity contribution is 6.60. The molecule has 264 valence electrons. The Morgan fingerprint density at radius 2 is 0.822 bits per heavy atom. The van der Waals surface area contributed by atoms with Crippen molar-refractivity contribution in [1.82, 2.24) is 19.9 Å². The van der Waals surface area contributed by atoms with Gasteiger partial charge in [-0.2, -0.15) is 15.0 Å². The predicted octanol–water partition coefficient (Wildman–Crippen LogP) is 3.59. The molecule has 45 heavy (non-hydrogen) atoms. The highest BCUT2D eigenvalue weighted by Crippen LogP contribution is 2.22. The van der Waals surface area contributed by atoms with Gasteiger partial charge in [0.25, 0.3) is 0 Å². The third-order valence-electron chi connectivity index (χ3n) is 6.23. The van der Waals surface area contributed by atoms with Gasteiger partial charge >= 0.3 is 8.80 Å². The summed E-state index contributed by atoms with van der Waals surface area (Å²) in [6.07, 6.45) is 0.839. The molecule has 16 heteroatoms. The molecule has 0 amide bonds. The summed E-state index contributed by atoms with van der Waals surface area (Å²) in [5, 5.41) is 0. The molecule has 0 bridgehead atoms. The fraction of sp³-hybridized carbons (Fsp3) is 0.897. The van der Waals surface area contributed by atoms with Crippen molar-refractivity contribution in [2.45, 2.75) is 67.9 Å². The average molecular weight is 664 g/mol. The Balaban J connectivity index is 3.40. The van der Waals surface area contributed by atoms with E-state index in [1.165, 1.54) is 0 Å². The topological polar surface area (TPSA) is 125 Å². The maximum Gasteiger partial charge on any atom is 0.500 e. The summed E-state index contributed by atoms with van der Waals surface area (Å²) >= 11 is 0. The van der Waals surface area contributed by atoms with Crippen LogP contribution in [0.4, 0.5) is 17.8 Å². The lowest BCUT2D eigenvalue weighted by Gasteiger charge is -2.31. The first-order valence-electron chi connectivity index (χ1n) is 16.4. The Labute approximate surface area is 272 Å². The molecule has 1 aromatic heterocycles. The van der Waals surface area contributed by atoms with Crippen molar-refractivity contribution in [3.63, 3.8) is 0 Å². The summed E-state index contributed by atoms with van der Waals surface area (Å²) in [6.45, 7) is 22.6. The second kappa shape index (κ2) is 25.4. The van der Waals surface area contributed by atoms with Crippen molar-refractivity contribution in [2.75, 3.05) is 121 Å². The van der Waals surface area contributed by atoms with Crippen LogP contribution in [0.15, 0.2) is 0 Å². The molecule has 0 N–H and O–H groups in total. The normalized spacial score (nSPS) is 11.9. The zero-order chi connectivity index (χ0) is 33.3. The van der Waals surface area contributed by atoms with E-state index in [2.05, 4.69) is 11.9 Å². The van der Waals surface area contributed by atoms with E-state index >= 15 is 0 Å². The molecule has 1 rings (SSSR count). The Morgan fingerprint density at radius 1 is 0.489 bits per heavy atom. The van der Waals surface area contributed by atoms with E-state index in [0.29, 0.717) is 77.4 Å². The molecule has 0 radical (unpaired) electrons. The number of nitrogens with zero attached hydrogens (tertiary/aromatic N) is 7. The number of anilines is 3. The summed E-state index contributed by atoms with van der Waals surface area (Å²) in [6, 6.07) is 0.728. The second-order valence-electron chi connectivity index (χ2n) is 9.77. The van der Waals surface area contributed by atoms with E-state index in [4.69, 9.17) is 51.9 Å². The molecule has 1 aromatic rings. The van der Waals surface area contributed by atoms with Crippen molar-refractivity contribution in [3.05, 3.63) is 0 Å². The molecule has 0 spiro atoms. The zero-order valence-electron chi connectivity index (χ0n) is 29.4. The fourth-order valence-corrected chi connectivity index (χ4v) is 6.76. The summed E-state index contributed by atoms with van der Waals surface area (Å²) in [5.41, 5.74) is 0. The number of rotatable bonds is 30. The van der Waals surface area contributed by atoms with E-state index in [1.807, 2.05) is 70.1 Å². The summed E-state index contributed by atoms with van der Waals surface area (Å²) < 4.78 is 47.0. The third-order valence-corrected chi connectivity index (χ3v) is 9.38. The van der Waals surface area contributed by atoms with Crippen molar-refractivity contribution < 1.29 is 37.0 Å². The van der Waals surface area contributed by atoms with Gasteiger partial charge in [-0.15, -0.1) is 0 Å². The van der Waals surface area contributed by atoms with Crippen LogP contribution in [0.3, 0.4) is 0 Å². The molecule has 0 aromatic carbocycles. The van der Waals surface area contributed by atoms with Crippen molar-refractivity contribution in [3.8, 4) is 0 Å². The van der Waals surface area contributed by atoms with Crippen LogP contribution in [0.2, 0.25) is 6.04 Å². The van der Waals surface area contributed by atoms with E-state index in [0.717, 1.165) is 19.0 Å². The third kappa shape index (κ3) is 16.1. The lowest BCUT2D eigenvalue weighted by atomic mass is 10.4. The van der Waals surface area contributed by atoms with Crippen LogP contribution in [0.1, 0.15) is 61.8 Å². The van der Waals surface area contributed by atoms with Crippen molar-refractivity contribution in [2.24, 2.45) is 0 Å². The highest BCUT2D eigenvalue weighted by Gasteiger charge is 2.39. The number of hydrogen-bond donors (Lipinski definition) is 0. The van der Waals surface area contributed by atoms with Gasteiger partial charge in [0.1, 0.15) is 33.7 Å². The molecular weight excluding hydrogens is 602 g/mol. The second-order valence-corrected chi connectivity index (χ2v) is 12.5. The monoisotopic (exact) mass is 663 g/mol. The van der Waals surface area contributed by atoms with Gasteiger partial charge in [-0.3, -0.25) is 14.7 Å². The maximum atomic E-state index is 6.05. The van der Waals surface area contributed by atoms with Crippen LogP contribution in [-0.2, 0) is 37.0 Å². The van der Waals surface area contributed by atoms with Crippen LogP contribution < -0.4 is 14.7 Å². The van der Waals surface area contributed by atoms with Crippen LogP contribution >= 0.6 is 0 Å².